The van der Waals surface area contributed by atoms with Gasteiger partial charge in [0, 0.05) is 51.7 Å². The third-order valence-corrected chi connectivity index (χ3v) is 4.50. The molecule has 1 aliphatic carbocycles. The number of nitrogens with two attached hydrogens (primary N) is 1. The number of piperazine rings is 1. The summed E-state index contributed by atoms with van der Waals surface area (Å²) in [6.07, 6.45) is 3.41. The van der Waals surface area contributed by atoms with Crippen LogP contribution in [0.3, 0.4) is 0 Å². The van der Waals surface area contributed by atoms with Gasteiger partial charge in [0.2, 0.25) is 5.91 Å². The molecule has 1 aliphatic heterocycles. The number of carbonyl (C=O) groups excluding carboxylic acids is 1. The van der Waals surface area contributed by atoms with Crippen LogP contribution >= 0.6 is 24.0 Å². The average molecular weight is 437 g/mol. The molecule has 6 nitrogen and oxygen atoms in total. The fourth-order valence-electron chi connectivity index (χ4n) is 2.78. The van der Waals surface area contributed by atoms with Gasteiger partial charge in [0.1, 0.15) is 0 Å². The van der Waals surface area contributed by atoms with Gasteiger partial charge in [-0.3, -0.25) is 14.7 Å². The van der Waals surface area contributed by atoms with Crippen molar-refractivity contribution >= 4 is 35.8 Å². The first-order valence-electron chi connectivity index (χ1n) is 8.61. The zero-order valence-corrected chi connectivity index (χ0v) is 16.8. The predicted octanol–water partition coefficient (Wildman–Crippen LogP) is 1.11. The van der Waals surface area contributed by atoms with Crippen LogP contribution in [0.2, 0.25) is 0 Å². The lowest BCUT2D eigenvalue weighted by Gasteiger charge is -2.38. The normalized spacial score (nSPS) is 20.1. The van der Waals surface area contributed by atoms with Crippen LogP contribution in [0.5, 0.6) is 0 Å². The number of halogens is 1. The minimum Gasteiger partial charge on any atom is -0.370 e. The maximum absolute atomic E-state index is 12.2. The van der Waals surface area contributed by atoms with E-state index in [2.05, 4.69) is 29.1 Å². The molecule has 7 heteroatoms. The monoisotopic (exact) mass is 437 g/mol. The Hall–Kier alpha value is -0.570. The molecule has 0 atom stereocenters. The fourth-order valence-corrected chi connectivity index (χ4v) is 2.78. The number of nitrogens with zero attached hydrogens (tertiary/aromatic N) is 3. The molecule has 3 N–H and O–H groups in total. The van der Waals surface area contributed by atoms with Crippen LogP contribution in [0.4, 0.5) is 0 Å². The molecule has 0 spiro atoms. The molecule has 0 aromatic heterocycles. The van der Waals surface area contributed by atoms with E-state index < -0.39 is 0 Å². The largest absolute Gasteiger partial charge is 0.370 e. The van der Waals surface area contributed by atoms with E-state index in [1.54, 1.807) is 0 Å². The smallest absolute Gasteiger partial charge is 0.225 e. The van der Waals surface area contributed by atoms with Crippen LogP contribution in [0.1, 0.15) is 33.1 Å². The molecule has 1 heterocycles. The summed E-state index contributed by atoms with van der Waals surface area (Å²) in [7, 11) is 0. The molecular formula is C16H32IN5O. The Morgan fingerprint density at radius 2 is 1.91 bits per heavy atom. The lowest BCUT2D eigenvalue weighted by Crippen LogP contribution is -2.52. The van der Waals surface area contributed by atoms with Gasteiger partial charge in [-0.25, -0.2) is 0 Å². The second-order valence-electron chi connectivity index (χ2n) is 6.84. The number of rotatable bonds is 6. The summed E-state index contributed by atoms with van der Waals surface area (Å²) < 4.78 is 0. The maximum Gasteiger partial charge on any atom is 0.225 e. The van der Waals surface area contributed by atoms with Crippen molar-refractivity contribution in [3.63, 3.8) is 0 Å². The fraction of sp³-hybridized carbons (Fsp3) is 0.875. The lowest BCUT2D eigenvalue weighted by atomic mass is 9.84. The number of nitrogens with one attached hydrogen (secondary N) is 1. The number of aliphatic imine (C=N–C) groups is 1. The van der Waals surface area contributed by atoms with Crippen molar-refractivity contribution < 1.29 is 4.79 Å². The van der Waals surface area contributed by atoms with Crippen molar-refractivity contribution in [2.24, 2.45) is 22.6 Å². The van der Waals surface area contributed by atoms with Gasteiger partial charge >= 0.3 is 0 Å². The first-order chi connectivity index (χ1) is 10.6. The summed E-state index contributed by atoms with van der Waals surface area (Å²) in [5.74, 6) is 1.77. The van der Waals surface area contributed by atoms with Crippen molar-refractivity contribution in [1.29, 1.82) is 0 Å². The van der Waals surface area contributed by atoms with E-state index >= 15 is 0 Å². The molecule has 2 rings (SSSR count). The van der Waals surface area contributed by atoms with Gasteiger partial charge in [-0.2, -0.15) is 0 Å². The van der Waals surface area contributed by atoms with Gasteiger partial charge in [0.15, 0.2) is 5.96 Å². The highest BCUT2D eigenvalue weighted by Crippen LogP contribution is 2.28. The van der Waals surface area contributed by atoms with E-state index in [0.717, 1.165) is 58.7 Å². The molecule has 2 aliphatic rings. The average Bonchev–Trinajstić information content (AvgIpc) is 2.44. The van der Waals surface area contributed by atoms with Gasteiger partial charge < -0.3 is 16.0 Å². The number of hydrogen-bond donors (Lipinski definition) is 2. The Kier molecular flexibility index (Phi) is 9.19. The Bertz CT molecular complexity index is 390. The van der Waals surface area contributed by atoms with Crippen molar-refractivity contribution in [2.45, 2.75) is 33.1 Å². The highest BCUT2D eigenvalue weighted by Gasteiger charge is 2.30. The molecule has 134 valence electrons. The van der Waals surface area contributed by atoms with Gasteiger partial charge in [-0.15, -0.1) is 24.0 Å². The maximum atomic E-state index is 12.2. The lowest BCUT2D eigenvalue weighted by molar-refractivity contribution is -0.139. The quantitative estimate of drug-likeness (QED) is 0.371. The summed E-state index contributed by atoms with van der Waals surface area (Å²) in [4.78, 5) is 20.9. The summed E-state index contributed by atoms with van der Waals surface area (Å²) in [5, 5.41) is 3.16. The third-order valence-electron chi connectivity index (χ3n) is 4.50. The SMILES string of the molecule is CC(C)CN=C(N)NCCN1CCN(C(=O)C2CCC2)CC1.I. The second kappa shape index (κ2) is 10.3. The summed E-state index contributed by atoms with van der Waals surface area (Å²) in [5.41, 5.74) is 5.82. The molecule has 23 heavy (non-hydrogen) atoms. The van der Waals surface area contributed by atoms with Gasteiger partial charge in [0.05, 0.1) is 0 Å². The molecule has 0 bridgehead atoms. The zero-order valence-electron chi connectivity index (χ0n) is 14.5. The van der Waals surface area contributed by atoms with Crippen molar-refractivity contribution in [2.75, 3.05) is 45.8 Å². The predicted molar refractivity (Wildman–Crippen MR) is 105 cm³/mol. The van der Waals surface area contributed by atoms with E-state index in [-0.39, 0.29) is 24.0 Å². The highest BCUT2D eigenvalue weighted by molar-refractivity contribution is 14.0. The van der Waals surface area contributed by atoms with Crippen molar-refractivity contribution in [3.8, 4) is 0 Å². The number of amides is 1. The van der Waals surface area contributed by atoms with Crippen LogP contribution < -0.4 is 11.1 Å². The molecular weight excluding hydrogens is 405 g/mol. The minimum atomic E-state index is 0. The Labute approximate surface area is 157 Å². The molecule has 0 unspecified atom stereocenters. The number of hydrogen-bond acceptors (Lipinski definition) is 3. The molecule has 0 aromatic rings. The summed E-state index contributed by atoms with van der Waals surface area (Å²) in [6.45, 7) is 10.4. The van der Waals surface area contributed by atoms with Crippen LogP contribution in [0, 0.1) is 11.8 Å². The van der Waals surface area contributed by atoms with Gasteiger partial charge in [0.25, 0.3) is 0 Å². The molecule has 0 aromatic carbocycles. The second-order valence-corrected chi connectivity index (χ2v) is 6.84. The molecule has 0 radical (unpaired) electrons. The summed E-state index contributed by atoms with van der Waals surface area (Å²) in [6, 6.07) is 0. The van der Waals surface area contributed by atoms with Crippen molar-refractivity contribution in [3.05, 3.63) is 0 Å². The Morgan fingerprint density at radius 3 is 2.43 bits per heavy atom. The van der Waals surface area contributed by atoms with Gasteiger partial charge in [-0.05, 0) is 18.8 Å². The molecule has 1 saturated carbocycles. The van der Waals surface area contributed by atoms with E-state index in [4.69, 9.17) is 5.73 Å². The van der Waals surface area contributed by atoms with Crippen LogP contribution in [-0.2, 0) is 4.79 Å². The zero-order chi connectivity index (χ0) is 15.9. The van der Waals surface area contributed by atoms with Crippen molar-refractivity contribution in [1.82, 2.24) is 15.1 Å². The van der Waals surface area contributed by atoms with E-state index in [1.807, 2.05) is 4.90 Å². The first-order valence-corrected chi connectivity index (χ1v) is 8.61. The standard InChI is InChI=1S/C16H31N5O.HI/c1-13(2)12-19-16(17)18-6-7-20-8-10-21(11-9-20)15(22)14-4-3-5-14;/h13-14H,3-12H2,1-2H3,(H3,17,18,19);1H. The van der Waals surface area contributed by atoms with E-state index in [9.17, 15) is 4.79 Å². The van der Waals surface area contributed by atoms with Crippen LogP contribution in [0.15, 0.2) is 4.99 Å². The minimum absolute atomic E-state index is 0. The highest BCUT2D eigenvalue weighted by atomic mass is 127. The van der Waals surface area contributed by atoms with Crippen LogP contribution in [-0.4, -0.2) is 67.5 Å². The first kappa shape index (κ1) is 20.5. The summed E-state index contributed by atoms with van der Waals surface area (Å²) >= 11 is 0. The Balaban J connectivity index is 0.00000264. The van der Waals surface area contributed by atoms with E-state index in [0.29, 0.717) is 23.7 Å². The van der Waals surface area contributed by atoms with E-state index in [1.165, 1.54) is 6.42 Å². The Morgan fingerprint density at radius 1 is 1.26 bits per heavy atom. The van der Waals surface area contributed by atoms with Gasteiger partial charge in [-0.1, -0.05) is 20.3 Å². The number of guanidine groups is 1. The third kappa shape index (κ3) is 6.82. The topological polar surface area (TPSA) is 74.0 Å². The number of carbonyl (C=O) groups is 1. The molecule has 2 fully saturated rings. The van der Waals surface area contributed by atoms with Crippen LogP contribution in [0.25, 0.3) is 0 Å². The molecule has 1 amide bonds. The molecule has 1 saturated heterocycles.